The molecule has 1 aromatic carbocycles. The lowest BCUT2D eigenvalue weighted by Crippen LogP contribution is -2.43. The molecule has 1 saturated carbocycles. The van der Waals surface area contributed by atoms with E-state index in [4.69, 9.17) is 4.74 Å². The number of nitrogens with zero attached hydrogens (tertiary/aromatic N) is 2. The van der Waals surface area contributed by atoms with Crippen LogP contribution in [0.3, 0.4) is 0 Å². The van der Waals surface area contributed by atoms with Crippen LogP contribution in [0.2, 0.25) is 0 Å². The zero-order chi connectivity index (χ0) is 19.3. The predicted molar refractivity (Wildman–Crippen MR) is 99.5 cm³/mol. The molecule has 1 aromatic rings. The Morgan fingerprint density at radius 2 is 1.85 bits per heavy atom. The lowest BCUT2D eigenvalue weighted by atomic mass is 9.87. The normalized spacial score (nSPS) is 25.8. The summed E-state index contributed by atoms with van der Waals surface area (Å²) >= 11 is 0. The molecule has 2 aliphatic rings. The van der Waals surface area contributed by atoms with Crippen molar-refractivity contribution in [2.75, 3.05) is 27.2 Å². The Balaban J connectivity index is 1.69. The van der Waals surface area contributed by atoms with Gasteiger partial charge in [-0.2, -0.15) is 0 Å². The molecule has 1 aliphatic carbocycles. The molecule has 26 heavy (non-hydrogen) atoms. The first-order chi connectivity index (χ1) is 12.0. The summed E-state index contributed by atoms with van der Waals surface area (Å²) < 4.78 is 31.1. The highest BCUT2D eigenvalue weighted by atomic mass is 32.2. The molecule has 0 bridgehead atoms. The average molecular weight is 381 g/mol. The number of hydrogen-bond acceptors (Lipinski definition) is 4. The van der Waals surface area contributed by atoms with Crippen molar-refractivity contribution in [3.63, 3.8) is 0 Å². The molecule has 2 fully saturated rings. The van der Waals surface area contributed by atoms with E-state index in [1.54, 1.807) is 17.0 Å². The second-order valence-corrected chi connectivity index (χ2v) is 10.7. The van der Waals surface area contributed by atoms with E-state index in [0.717, 1.165) is 12.8 Å². The number of hydrogen-bond donors (Lipinski definition) is 0. The maximum Gasteiger partial charge on any atom is 0.410 e. The van der Waals surface area contributed by atoms with Crippen molar-refractivity contribution in [2.24, 2.45) is 5.92 Å². The standard InChI is InChI=1S/C19H28N2O4S/c1-18(2,3)25-17(22)21-11-10-19(12-15(19)13-21)14-6-8-16(9-7-14)26(23,24)20(4)5/h6-9,15H,10-13H2,1-5H3/t15?,19-/m1/s1. The van der Waals surface area contributed by atoms with Gasteiger partial charge >= 0.3 is 6.09 Å². The van der Waals surface area contributed by atoms with Crippen LogP contribution in [0.1, 0.15) is 39.2 Å². The van der Waals surface area contributed by atoms with E-state index in [1.165, 1.54) is 24.0 Å². The van der Waals surface area contributed by atoms with Crippen LogP contribution in [0.25, 0.3) is 0 Å². The summed E-state index contributed by atoms with van der Waals surface area (Å²) in [4.78, 5) is 14.4. The molecule has 1 saturated heterocycles. The maximum absolute atomic E-state index is 12.3. The number of carbonyl (C=O) groups is 1. The Morgan fingerprint density at radius 1 is 1.23 bits per heavy atom. The van der Waals surface area contributed by atoms with Gasteiger partial charge in [-0.05, 0) is 57.2 Å². The monoisotopic (exact) mass is 380 g/mol. The zero-order valence-corrected chi connectivity index (χ0v) is 17.0. The first-order valence-electron chi connectivity index (χ1n) is 8.97. The van der Waals surface area contributed by atoms with E-state index in [1.807, 2.05) is 32.9 Å². The van der Waals surface area contributed by atoms with Gasteiger partial charge in [-0.1, -0.05) is 12.1 Å². The minimum Gasteiger partial charge on any atom is -0.444 e. The van der Waals surface area contributed by atoms with E-state index in [0.29, 0.717) is 23.9 Å². The first-order valence-corrected chi connectivity index (χ1v) is 10.4. The fourth-order valence-electron chi connectivity index (χ4n) is 3.78. The van der Waals surface area contributed by atoms with E-state index >= 15 is 0 Å². The van der Waals surface area contributed by atoms with E-state index in [2.05, 4.69) is 0 Å². The number of ether oxygens (including phenoxy) is 1. The third-order valence-electron chi connectivity index (χ3n) is 5.36. The Bertz CT molecular complexity index is 796. The van der Waals surface area contributed by atoms with Crippen molar-refractivity contribution >= 4 is 16.1 Å². The molecular weight excluding hydrogens is 352 g/mol. The van der Waals surface area contributed by atoms with Gasteiger partial charge < -0.3 is 9.64 Å². The van der Waals surface area contributed by atoms with Gasteiger partial charge in [-0.25, -0.2) is 17.5 Å². The molecule has 1 amide bonds. The zero-order valence-electron chi connectivity index (χ0n) is 16.2. The molecule has 7 heteroatoms. The molecule has 0 N–H and O–H groups in total. The molecule has 1 heterocycles. The summed E-state index contributed by atoms with van der Waals surface area (Å²) in [6, 6.07) is 7.24. The number of amides is 1. The first kappa shape index (κ1) is 19.2. The van der Waals surface area contributed by atoms with Crippen LogP contribution in [0, 0.1) is 5.92 Å². The molecule has 3 rings (SSSR count). The summed E-state index contributed by atoms with van der Waals surface area (Å²) in [5, 5.41) is 0. The molecule has 0 radical (unpaired) electrons. The van der Waals surface area contributed by atoms with Gasteiger partial charge in [0.1, 0.15) is 5.60 Å². The molecule has 6 nitrogen and oxygen atoms in total. The van der Waals surface area contributed by atoms with Crippen molar-refractivity contribution in [3.8, 4) is 0 Å². The summed E-state index contributed by atoms with van der Waals surface area (Å²) in [6.45, 7) is 6.99. The van der Waals surface area contributed by atoms with Gasteiger partial charge in [-0.3, -0.25) is 0 Å². The van der Waals surface area contributed by atoms with Crippen LogP contribution in [-0.2, 0) is 20.2 Å². The summed E-state index contributed by atoms with van der Waals surface area (Å²) in [5.41, 5.74) is 0.769. The van der Waals surface area contributed by atoms with Gasteiger partial charge in [0.2, 0.25) is 10.0 Å². The van der Waals surface area contributed by atoms with Crippen LogP contribution >= 0.6 is 0 Å². The minimum atomic E-state index is -3.40. The Hall–Kier alpha value is -1.60. The smallest absolute Gasteiger partial charge is 0.410 e. The van der Waals surface area contributed by atoms with Crippen LogP contribution in [-0.4, -0.2) is 56.5 Å². The number of likely N-dealkylation sites (tertiary alicyclic amines) is 1. The molecule has 0 aromatic heterocycles. The number of sulfonamides is 1. The molecule has 144 valence electrons. The fourth-order valence-corrected chi connectivity index (χ4v) is 4.68. The second-order valence-electron chi connectivity index (χ2n) is 8.55. The third-order valence-corrected chi connectivity index (χ3v) is 7.19. The highest BCUT2D eigenvalue weighted by Crippen LogP contribution is 2.59. The lowest BCUT2D eigenvalue weighted by Gasteiger charge is -2.33. The summed E-state index contributed by atoms with van der Waals surface area (Å²) in [7, 11) is -0.338. The summed E-state index contributed by atoms with van der Waals surface area (Å²) in [5.74, 6) is 0.417. The maximum atomic E-state index is 12.3. The van der Waals surface area contributed by atoms with Crippen molar-refractivity contribution in [1.29, 1.82) is 0 Å². The van der Waals surface area contributed by atoms with Gasteiger partial charge in [0.05, 0.1) is 4.90 Å². The molecule has 0 spiro atoms. The fraction of sp³-hybridized carbons (Fsp3) is 0.632. The van der Waals surface area contributed by atoms with Crippen LogP contribution in [0.4, 0.5) is 4.79 Å². The van der Waals surface area contributed by atoms with Crippen LogP contribution in [0.5, 0.6) is 0 Å². The average Bonchev–Trinajstić information content (AvgIpc) is 3.28. The highest BCUT2D eigenvalue weighted by Gasteiger charge is 2.58. The number of rotatable bonds is 3. The van der Waals surface area contributed by atoms with E-state index in [-0.39, 0.29) is 11.5 Å². The minimum absolute atomic E-state index is 0.0823. The van der Waals surface area contributed by atoms with Gasteiger partial charge in [-0.15, -0.1) is 0 Å². The van der Waals surface area contributed by atoms with Crippen molar-refractivity contribution in [2.45, 2.75) is 49.5 Å². The number of carbonyl (C=O) groups excluding carboxylic acids is 1. The quantitative estimate of drug-likeness (QED) is 0.809. The molecular formula is C19H28N2O4S. The Morgan fingerprint density at radius 3 is 2.35 bits per heavy atom. The Kier molecular flexibility index (Phi) is 4.60. The van der Waals surface area contributed by atoms with Gasteiger partial charge in [0, 0.05) is 32.6 Å². The highest BCUT2D eigenvalue weighted by molar-refractivity contribution is 7.89. The van der Waals surface area contributed by atoms with Crippen molar-refractivity contribution in [3.05, 3.63) is 29.8 Å². The molecule has 1 unspecified atom stereocenters. The number of benzene rings is 1. The topological polar surface area (TPSA) is 66.9 Å². The largest absolute Gasteiger partial charge is 0.444 e. The predicted octanol–water partition coefficient (Wildman–Crippen LogP) is 2.84. The van der Waals surface area contributed by atoms with Crippen LogP contribution in [0.15, 0.2) is 29.2 Å². The Labute approximate surface area is 156 Å². The second kappa shape index (κ2) is 6.23. The van der Waals surface area contributed by atoms with Crippen LogP contribution < -0.4 is 0 Å². The molecule has 2 atom stereocenters. The number of piperidine rings is 1. The third kappa shape index (κ3) is 3.47. The van der Waals surface area contributed by atoms with Gasteiger partial charge in [0.15, 0.2) is 0 Å². The number of fused-ring (bicyclic) bond motifs is 1. The lowest BCUT2D eigenvalue weighted by molar-refractivity contribution is 0.0198. The summed E-state index contributed by atoms with van der Waals surface area (Å²) in [6.07, 6.45) is 1.67. The molecule has 1 aliphatic heterocycles. The van der Waals surface area contributed by atoms with Crippen molar-refractivity contribution < 1.29 is 17.9 Å². The van der Waals surface area contributed by atoms with Gasteiger partial charge in [0.25, 0.3) is 0 Å². The van der Waals surface area contributed by atoms with E-state index < -0.39 is 15.6 Å². The SMILES string of the molecule is CN(C)S(=O)(=O)c1ccc([C@]23CCN(C(=O)OC(C)(C)C)CC2C3)cc1. The van der Waals surface area contributed by atoms with Crippen molar-refractivity contribution in [1.82, 2.24) is 9.21 Å². The van der Waals surface area contributed by atoms with E-state index in [9.17, 15) is 13.2 Å².